The Kier molecular flexibility index (Phi) is 4.34. The minimum absolute atomic E-state index is 0.0833. The van der Waals surface area contributed by atoms with Crippen molar-refractivity contribution in [1.82, 2.24) is 5.32 Å². The van der Waals surface area contributed by atoms with Crippen LogP contribution in [-0.4, -0.2) is 12.0 Å². The Hall–Kier alpha value is -2.00. The van der Waals surface area contributed by atoms with E-state index in [1.54, 1.807) is 31.2 Å². The normalized spacial score (nSPS) is 17.6. The third-order valence-electron chi connectivity index (χ3n) is 3.95. The van der Waals surface area contributed by atoms with Gasteiger partial charge in [-0.2, -0.15) is 0 Å². The zero-order valence-electron chi connectivity index (χ0n) is 12.4. The number of halogens is 1. The summed E-state index contributed by atoms with van der Waals surface area (Å²) in [6, 6.07) is 15.3. The van der Waals surface area contributed by atoms with Crippen LogP contribution in [0.3, 0.4) is 0 Å². The maximum absolute atomic E-state index is 12.3. The number of amides is 1. The van der Waals surface area contributed by atoms with Gasteiger partial charge in [-0.05, 0) is 55.2 Å². The van der Waals surface area contributed by atoms with Crippen molar-refractivity contribution in [3.05, 3.63) is 64.7 Å². The number of carbonyl (C=O) groups is 1. The predicted octanol–water partition coefficient (Wildman–Crippen LogP) is 3.91. The molecule has 0 saturated heterocycles. The molecule has 1 aliphatic carbocycles. The Morgan fingerprint density at radius 3 is 2.73 bits per heavy atom. The summed E-state index contributed by atoms with van der Waals surface area (Å²) >= 11 is 5.84. The number of aryl methyl sites for hydroxylation is 1. The molecule has 0 aromatic heterocycles. The molecule has 0 fully saturated rings. The van der Waals surface area contributed by atoms with Crippen molar-refractivity contribution in [1.29, 1.82) is 0 Å². The van der Waals surface area contributed by atoms with E-state index in [9.17, 15) is 4.79 Å². The monoisotopic (exact) mass is 315 g/mol. The van der Waals surface area contributed by atoms with E-state index in [1.165, 1.54) is 11.1 Å². The highest BCUT2D eigenvalue weighted by Crippen LogP contribution is 2.30. The number of hydrogen-bond donors (Lipinski definition) is 1. The van der Waals surface area contributed by atoms with Gasteiger partial charge in [0, 0.05) is 5.02 Å². The van der Waals surface area contributed by atoms with Gasteiger partial charge in [0.1, 0.15) is 5.75 Å². The molecule has 0 spiro atoms. The van der Waals surface area contributed by atoms with Crippen LogP contribution in [0.4, 0.5) is 0 Å². The molecule has 2 aromatic rings. The maximum atomic E-state index is 12.3. The van der Waals surface area contributed by atoms with Gasteiger partial charge in [-0.3, -0.25) is 4.79 Å². The second-order valence-corrected chi connectivity index (χ2v) is 5.95. The molecule has 1 N–H and O–H groups in total. The second kappa shape index (κ2) is 6.41. The zero-order chi connectivity index (χ0) is 15.5. The average Bonchev–Trinajstić information content (AvgIpc) is 2.93. The third-order valence-corrected chi connectivity index (χ3v) is 4.20. The first-order chi connectivity index (χ1) is 10.6. The van der Waals surface area contributed by atoms with E-state index < -0.39 is 6.10 Å². The van der Waals surface area contributed by atoms with Gasteiger partial charge in [0.15, 0.2) is 6.10 Å². The highest BCUT2D eigenvalue weighted by Gasteiger charge is 2.25. The second-order valence-electron chi connectivity index (χ2n) is 5.51. The van der Waals surface area contributed by atoms with Gasteiger partial charge < -0.3 is 10.1 Å². The smallest absolute Gasteiger partial charge is 0.261 e. The molecule has 0 aliphatic heterocycles. The number of fused-ring (bicyclic) bond motifs is 1. The SMILES string of the molecule is C[C@H](Oc1ccc(Cl)cc1)C(=O)N[C@H]1CCc2ccccc21. The molecule has 3 nitrogen and oxygen atoms in total. The number of hydrogen-bond acceptors (Lipinski definition) is 2. The van der Waals surface area contributed by atoms with E-state index in [0.717, 1.165) is 12.8 Å². The van der Waals surface area contributed by atoms with Crippen LogP contribution in [0.1, 0.15) is 30.5 Å². The van der Waals surface area contributed by atoms with Crippen LogP contribution in [0.5, 0.6) is 5.75 Å². The first-order valence-corrected chi connectivity index (χ1v) is 7.81. The van der Waals surface area contributed by atoms with Gasteiger partial charge in [0.25, 0.3) is 5.91 Å². The molecule has 114 valence electrons. The Bertz CT molecular complexity index is 669. The van der Waals surface area contributed by atoms with Gasteiger partial charge in [-0.1, -0.05) is 35.9 Å². The quantitative estimate of drug-likeness (QED) is 0.929. The highest BCUT2D eigenvalue weighted by molar-refractivity contribution is 6.30. The van der Waals surface area contributed by atoms with Crippen LogP contribution in [-0.2, 0) is 11.2 Å². The number of carbonyl (C=O) groups excluding carboxylic acids is 1. The van der Waals surface area contributed by atoms with Gasteiger partial charge in [-0.25, -0.2) is 0 Å². The fourth-order valence-corrected chi connectivity index (χ4v) is 2.89. The molecular weight excluding hydrogens is 298 g/mol. The van der Waals surface area contributed by atoms with E-state index in [0.29, 0.717) is 10.8 Å². The van der Waals surface area contributed by atoms with Crippen molar-refractivity contribution in [3.63, 3.8) is 0 Å². The standard InChI is InChI=1S/C18H18ClNO2/c1-12(22-15-9-7-14(19)8-10-15)18(21)20-17-11-6-13-4-2-3-5-16(13)17/h2-5,7-10,12,17H,6,11H2,1H3,(H,20,21)/t12-,17-/m0/s1. The highest BCUT2D eigenvalue weighted by atomic mass is 35.5. The van der Waals surface area contributed by atoms with Gasteiger partial charge in [0.2, 0.25) is 0 Å². The number of rotatable bonds is 4. The van der Waals surface area contributed by atoms with Crippen molar-refractivity contribution >= 4 is 17.5 Å². The predicted molar refractivity (Wildman–Crippen MR) is 87.2 cm³/mol. The lowest BCUT2D eigenvalue weighted by molar-refractivity contribution is -0.128. The molecule has 0 bridgehead atoms. The summed E-state index contributed by atoms with van der Waals surface area (Å²) in [5.74, 6) is 0.538. The van der Waals surface area contributed by atoms with Crippen LogP contribution in [0, 0.1) is 0 Å². The summed E-state index contributed by atoms with van der Waals surface area (Å²) in [5.41, 5.74) is 2.54. The van der Waals surface area contributed by atoms with Crippen molar-refractivity contribution in [3.8, 4) is 5.75 Å². The summed E-state index contributed by atoms with van der Waals surface area (Å²) in [5, 5.41) is 3.72. The fraction of sp³-hybridized carbons (Fsp3) is 0.278. The summed E-state index contributed by atoms with van der Waals surface area (Å²) in [4.78, 5) is 12.3. The van der Waals surface area contributed by atoms with Crippen molar-refractivity contribution in [2.45, 2.75) is 31.9 Å². The van der Waals surface area contributed by atoms with Crippen LogP contribution in [0.2, 0.25) is 5.02 Å². The topological polar surface area (TPSA) is 38.3 Å². The molecular formula is C18H18ClNO2. The molecule has 1 amide bonds. The molecule has 2 atom stereocenters. The molecule has 0 heterocycles. The lowest BCUT2D eigenvalue weighted by Crippen LogP contribution is -2.38. The summed E-state index contributed by atoms with van der Waals surface area (Å²) in [7, 11) is 0. The molecule has 0 radical (unpaired) electrons. The largest absolute Gasteiger partial charge is 0.481 e. The summed E-state index contributed by atoms with van der Waals surface area (Å²) in [6.45, 7) is 1.75. The van der Waals surface area contributed by atoms with Crippen LogP contribution in [0.25, 0.3) is 0 Å². The van der Waals surface area contributed by atoms with Crippen LogP contribution < -0.4 is 10.1 Å². The Labute approximate surface area is 135 Å². The third kappa shape index (κ3) is 3.25. The summed E-state index contributed by atoms with van der Waals surface area (Å²) < 4.78 is 5.66. The molecule has 4 heteroatoms. The molecule has 1 aliphatic rings. The summed E-state index contributed by atoms with van der Waals surface area (Å²) in [6.07, 6.45) is 1.40. The van der Waals surface area contributed by atoms with E-state index in [4.69, 9.17) is 16.3 Å². The first-order valence-electron chi connectivity index (χ1n) is 7.44. The Balaban J connectivity index is 1.61. The van der Waals surface area contributed by atoms with Gasteiger partial charge >= 0.3 is 0 Å². The molecule has 2 aromatic carbocycles. The maximum Gasteiger partial charge on any atom is 0.261 e. The Morgan fingerprint density at radius 1 is 1.23 bits per heavy atom. The number of benzene rings is 2. The van der Waals surface area contributed by atoms with Crippen molar-refractivity contribution < 1.29 is 9.53 Å². The lowest BCUT2D eigenvalue weighted by Gasteiger charge is -2.19. The van der Waals surface area contributed by atoms with Gasteiger partial charge in [0.05, 0.1) is 6.04 Å². The van der Waals surface area contributed by atoms with E-state index in [2.05, 4.69) is 17.4 Å². The number of nitrogens with one attached hydrogen (secondary N) is 1. The molecule has 3 rings (SSSR count). The van der Waals surface area contributed by atoms with Crippen molar-refractivity contribution in [2.75, 3.05) is 0 Å². The van der Waals surface area contributed by atoms with E-state index in [1.807, 2.05) is 12.1 Å². The zero-order valence-corrected chi connectivity index (χ0v) is 13.1. The van der Waals surface area contributed by atoms with Crippen LogP contribution in [0.15, 0.2) is 48.5 Å². The fourth-order valence-electron chi connectivity index (χ4n) is 2.77. The number of ether oxygens (including phenoxy) is 1. The minimum Gasteiger partial charge on any atom is -0.481 e. The minimum atomic E-state index is -0.547. The first kappa shape index (κ1) is 14.9. The van der Waals surface area contributed by atoms with E-state index in [-0.39, 0.29) is 11.9 Å². The lowest BCUT2D eigenvalue weighted by atomic mass is 10.1. The molecule has 0 saturated carbocycles. The Morgan fingerprint density at radius 2 is 1.95 bits per heavy atom. The van der Waals surface area contributed by atoms with E-state index >= 15 is 0 Å². The molecule has 0 unspecified atom stereocenters. The molecule has 22 heavy (non-hydrogen) atoms. The van der Waals surface area contributed by atoms with Gasteiger partial charge in [-0.15, -0.1) is 0 Å². The average molecular weight is 316 g/mol. The van der Waals surface area contributed by atoms with Crippen LogP contribution >= 0.6 is 11.6 Å². The van der Waals surface area contributed by atoms with Crippen molar-refractivity contribution in [2.24, 2.45) is 0 Å².